The number of hydrogen-bond acceptors (Lipinski definition) is 4. The monoisotopic (exact) mass is 341 g/mol. The standard InChI is InChI=1S/C18H31NO5/c1-2-3-5-8-16(20)12-10-15-11-13-17(21)19(15)24-14-7-4-6-9-18(22)23/h10,12,15-16,20H,2-9,11,13-14H2,1H3,(H,22,23). The number of carboxylic acid groups (broad SMARTS) is 1. The van der Waals surface area contributed by atoms with Gasteiger partial charge in [0.1, 0.15) is 0 Å². The fourth-order valence-electron chi connectivity index (χ4n) is 2.70. The molecule has 1 aliphatic heterocycles. The molecule has 2 atom stereocenters. The highest BCUT2D eigenvalue weighted by Gasteiger charge is 2.30. The average Bonchev–Trinajstić information content (AvgIpc) is 2.89. The predicted octanol–water partition coefficient (Wildman–Crippen LogP) is 3.05. The molecule has 0 aromatic heterocycles. The molecule has 1 saturated heterocycles. The number of aliphatic hydroxyl groups excluding tert-OH is 1. The van der Waals surface area contributed by atoms with Gasteiger partial charge < -0.3 is 10.2 Å². The Morgan fingerprint density at radius 1 is 1.33 bits per heavy atom. The third-order valence-electron chi connectivity index (χ3n) is 4.13. The molecule has 2 unspecified atom stereocenters. The van der Waals surface area contributed by atoms with E-state index in [1.54, 1.807) is 6.08 Å². The Labute approximate surface area is 144 Å². The second kappa shape index (κ2) is 12.0. The molecule has 0 aromatic rings. The molecule has 0 spiro atoms. The minimum atomic E-state index is -0.784. The Bertz CT molecular complexity index is 410. The van der Waals surface area contributed by atoms with Crippen LogP contribution in [0, 0.1) is 0 Å². The van der Waals surface area contributed by atoms with Crippen molar-refractivity contribution in [3.63, 3.8) is 0 Å². The molecular formula is C18H31NO5. The maximum atomic E-state index is 11.9. The van der Waals surface area contributed by atoms with Crippen molar-refractivity contribution in [1.29, 1.82) is 0 Å². The minimum Gasteiger partial charge on any atom is -0.481 e. The van der Waals surface area contributed by atoms with Crippen LogP contribution in [-0.4, -0.2) is 45.9 Å². The summed E-state index contributed by atoms with van der Waals surface area (Å²) in [6.07, 6.45) is 10.6. The number of rotatable bonds is 13. The van der Waals surface area contributed by atoms with E-state index >= 15 is 0 Å². The number of carboxylic acids is 1. The Morgan fingerprint density at radius 2 is 2.12 bits per heavy atom. The van der Waals surface area contributed by atoms with Gasteiger partial charge in [-0.3, -0.25) is 14.4 Å². The highest BCUT2D eigenvalue weighted by Crippen LogP contribution is 2.21. The predicted molar refractivity (Wildman–Crippen MR) is 91.2 cm³/mol. The number of aliphatic carboxylic acids is 1. The van der Waals surface area contributed by atoms with Crippen molar-refractivity contribution >= 4 is 11.9 Å². The van der Waals surface area contributed by atoms with Gasteiger partial charge in [0.15, 0.2) is 0 Å². The van der Waals surface area contributed by atoms with Gasteiger partial charge in [0.2, 0.25) is 5.91 Å². The van der Waals surface area contributed by atoms with Crippen molar-refractivity contribution in [2.24, 2.45) is 0 Å². The Morgan fingerprint density at radius 3 is 2.83 bits per heavy atom. The molecule has 138 valence electrons. The lowest BCUT2D eigenvalue weighted by molar-refractivity contribution is -0.185. The summed E-state index contributed by atoms with van der Waals surface area (Å²) < 4.78 is 0. The molecule has 2 N–H and O–H groups in total. The minimum absolute atomic E-state index is 0.0318. The number of unbranched alkanes of at least 4 members (excludes halogenated alkanes) is 4. The Balaban J connectivity index is 2.28. The van der Waals surface area contributed by atoms with E-state index in [0.717, 1.165) is 38.5 Å². The van der Waals surface area contributed by atoms with Crippen molar-refractivity contribution in [2.45, 2.75) is 83.3 Å². The fraction of sp³-hybridized carbons (Fsp3) is 0.778. The number of aliphatic hydroxyl groups is 1. The zero-order valence-corrected chi connectivity index (χ0v) is 14.7. The third-order valence-corrected chi connectivity index (χ3v) is 4.13. The first-order chi connectivity index (χ1) is 11.5. The number of hydroxylamine groups is 2. The Kier molecular flexibility index (Phi) is 10.4. The van der Waals surface area contributed by atoms with E-state index in [1.807, 2.05) is 6.08 Å². The molecule has 1 aliphatic rings. The quantitative estimate of drug-likeness (QED) is 0.397. The normalized spacial score (nSPS) is 19.3. The van der Waals surface area contributed by atoms with E-state index in [4.69, 9.17) is 9.94 Å². The maximum Gasteiger partial charge on any atom is 0.303 e. The van der Waals surface area contributed by atoms with Crippen molar-refractivity contribution in [3.8, 4) is 0 Å². The largest absolute Gasteiger partial charge is 0.481 e. The van der Waals surface area contributed by atoms with Gasteiger partial charge >= 0.3 is 5.97 Å². The lowest BCUT2D eigenvalue weighted by Crippen LogP contribution is -2.32. The van der Waals surface area contributed by atoms with E-state index in [2.05, 4.69) is 6.92 Å². The average molecular weight is 341 g/mol. The van der Waals surface area contributed by atoms with Crippen LogP contribution in [0.4, 0.5) is 0 Å². The van der Waals surface area contributed by atoms with Crippen molar-refractivity contribution in [1.82, 2.24) is 5.06 Å². The number of carbonyl (C=O) groups is 2. The zero-order valence-electron chi connectivity index (χ0n) is 14.7. The van der Waals surface area contributed by atoms with Gasteiger partial charge in [0.25, 0.3) is 0 Å². The van der Waals surface area contributed by atoms with E-state index in [0.29, 0.717) is 25.9 Å². The Hall–Kier alpha value is -1.40. The number of amides is 1. The maximum absolute atomic E-state index is 11.9. The molecular weight excluding hydrogens is 310 g/mol. The van der Waals surface area contributed by atoms with E-state index in [-0.39, 0.29) is 18.4 Å². The first-order valence-electron chi connectivity index (χ1n) is 9.07. The van der Waals surface area contributed by atoms with Crippen LogP contribution < -0.4 is 0 Å². The smallest absolute Gasteiger partial charge is 0.303 e. The van der Waals surface area contributed by atoms with E-state index < -0.39 is 12.1 Å². The molecule has 24 heavy (non-hydrogen) atoms. The summed E-state index contributed by atoms with van der Waals surface area (Å²) >= 11 is 0. The van der Waals surface area contributed by atoms with Gasteiger partial charge in [0, 0.05) is 12.8 Å². The summed E-state index contributed by atoms with van der Waals surface area (Å²) in [5, 5.41) is 19.9. The van der Waals surface area contributed by atoms with Gasteiger partial charge in [-0.15, -0.1) is 0 Å². The van der Waals surface area contributed by atoms with Crippen LogP contribution in [0.2, 0.25) is 0 Å². The van der Waals surface area contributed by atoms with Crippen LogP contribution in [0.3, 0.4) is 0 Å². The summed E-state index contributed by atoms with van der Waals surface area (Å²) in [5.74, 6) is -0.816. The molecule has 6 heteroatoms. The summed E-state index contributed by atoms with van der Waals surface area (Å²) in [6, 6.07) is -0.114. The van der Waals surface area contributed by atoms with Crippen molar-refractivity contribution in [2.75, 3.05) is 6.61 Å². The molecule has 1 amide bonds. The molecule has 6 nitrogen and oxygen atoms in total. The van der Waals surface area contributed by atoms with Gasteiger partial charge in [-0.2, -0.15) is 0 Å². The first-order valence-corrected chi connectivity index (χ1v) is 9.07. The van der Waals surface area contributed by atoms with Crippen molar-refractivity contribution < 1.29 is 24.6 Å². The lowest BCUT2D eigenvalue weighted by atomic mass is 10.1. The van der Waals surface area contributed by atoms with Crippen LogP contribution in [0.1, 0.15) is 71.1 Å². The first kappa shape index (κ1) is 20.6. The van der Waals surface area contributed by atoms with Crippen LogP contribution in [-0.2, 0) is 14.4 Å². The van der Waals surface area contributed by atoms with Gasteiger partial charge in [-0.05, 0) is 25.7 Å². The second-order valence-corrected chi connectivity index (χ2v) is 6.31. The number of nitrogens with zero attached hydrogens (tertiary/aromatic N) is 1. The molecule has 0 aromatic carbocycles. The molecule has 0 saturated carbocycles. The summed E-state index contributed by atoms with van der Waals surface area (Å²) in [5.41, 5.74) is 0. The molecule has 0 radical (unpaired) electrons. The lowest BCUT2D eigenvalue weighted by Gasteiger charge is -2.21. The topological polar surface area (TPSA) is 87.1 Å². The molecule has 1 rings (SSSR count). The number of hydrogen-bond donors (Lipinski definition) is 2. The molecule has 0 bridgehead atoms. The zero-order chi connectivity index (χ0) is 17.8. The SMILES string of the molecule is CCCCCC(O)C=CC1CCC(=O)N1OCCCCCC(=O)O. The van der Waals surface area contributed by atoms with Crippen molar-refractivity contribution in [3.05, 3.63) is 12.2 Å². The van der Waals surface area contributed by atoms with Gasteiger partial charge in [0.05, 0.1) is 18.8 Å². The van der Waals surface area contributed by atoms with E-state index in [9.17, 15) is 14.7 Å². The fourth-order valence-corrected chi connectivity index (χ4v) is 2.70. The van der Waals surface area contributed by atoms with Crippen LogP contribution in [0.15, 0.2) is 12.2 Å². The molecule has 0 aliphatic carbocycles. The van der Waals surface area contributed by atoms with Crippen LogP contribution in [0.5, 0.6) is 0 Å². The highest BCUT2D eigenvalue weighted by molar-refractivity contribution is 5.78. The highest BCUT2D eigenvalue weighted by atomic mass is 16.7. The summed E-state index contributed by atoms with van der Waals surface area (Å²) in [6.45, 7) is 2.54. The van der Waals surface area contributed by atoms with Crippen LogP contribution >= 0.6 is 0 Å². The second-order valence-electron chi connectivity index (χ2n) is 6.31. The van der Waals surface area contributed by atoms with Gasteiger partial charge in [-0.1, -0.05) is 44.8 Å². The van der Waals surface area contributed by atoms with Crippen LogP contribution in [0.25, 0.3) is 0 Å². The molecule has 1 fully saturated rings. The molecule has 1 heterocycles. The summed E-state index contributed by atoms with van der Waals surface area (Å²) in [7, 11) is 0. The summed E-state index contributed by atoms with van der Waals surface area (Å²) in [4.78, 5) is 27.9. The van der Waals surface area contributed by atoms with E-state index in [1.165, 1.54) is 5.06 Å². The number of carbonyl (C=O) groups excluding carboxylic acids is 1. The van der Waals surface area contributed by atoms with Gasteiger partial charge in [-0.25, -0.2) is 5.06 Å². The third kappa shape index (κ3) is 8.45.